The maximum atomic E-state index is 11.0. The maximum Gasteiger partial charge on any atom is 0.339 e. The number of carbonyl (C=O) groups excluding carboxylic acids is 1. The molecule has 0 aromatic rings. The van der Waals surface area contributed by atoms with Crippen LogP contribution in [0.4, 0.5) is 0 Å². The Morgan fingerprint density at radius 2 is 2.25 bits per heavy atom. The van der Waals surface area contributed by atoms with E-state index in [2.05, 4.69) is 0 Å². The smallest absolute Gasteiger partial charge is 0.339 e. The van der Waals surface area contributed by atoms with Gasteiger partial charge in [-0.1, -0.05) is 32.4 Å². The largest absolute Gasteiger partial charge is 0.453 e. The van der Waals surface area contributed by atoms with Crippen molar-refractivity contribution in [2.75, 3.05) is 0 Å². The highest BCUT2D eigenvalue weighted by atomic mass is 35.5. The molecular formula is C9H13ClO2. The number of esters is 1. The number of allylic oxidation sites excluding steroid dienone is 1. The molecule has 0 saturated carbocycles. The normalized spacial score (nSPS) is 26.8. The van der Waals surface area contributed by atoms with Gasteiger partial charge in [0.05, 0.1) is 5.57 Å². The molecule has 12 heavy (non-hydrogen) atoms. The number of hydrogen-bond acceptors (Lipinski definition) is 2. The van der Waals surface area contributed by atoms with Crippen LogP contribution >= 0.6 is 11.6 Å². The van der Waals surface area contributed by atoms with Gasteiger partial charge >= 0.3 is 5.97 Å². The first-order chi connectivity index (χ1) is 5.57. The van der Waals surface area contributed by atoms with E-state index >= 15 is 0 Å². The second kappa shape index (κ2) is 3.48. The molecule has 1 atom stereocenters. The monoisotopic (exact) mass is 188 g/mol. The van der Waals surface area contributed by atoms with E-state index in [0.717, 1.165) is 0 Å². The molecule has 0 spiro atoms. The van der Waals surface area contributed by atoms with Crippen LogP contribution in [-0.2, 0) is 9.53 Å². The Kier molecular flexibility index (Phi) is 2.78. The summed E-state index contributed by atoms with van der Waals surface area (Å²) in [6, 6.07) is 0. The van der Waals surface area contributed by atoms with Crippen LogP contribution in [0.15, 0.2) is 10.6 Å². The van der Waals surface area contributed by atoms with Crippen LogP contribution in [0.5, 0.6) is 0 Å². The van der Waals surface area contributed by atoms with Crippen LogP contribution in [-0.4, -0.2) is 12.1 Å². The Labute approximate surface area is 77.5 Å². The van der Waals surface area contributed by atoms with E-state index in [1.54, 1.807) is 0 Å². The summed E-state index contributed by atoms with van der Waals surface area (Å²) in [6.07, 6.45) is 0.625. The lowest BCUT2D eigenvalue weighted by Crippen LogP contribution is -2.41. The molecular weight excluding hydrogens is 176 g/mol. The molecule has 0 amide bonds. The number of halogens is 1. The average Bonchev–Trinajstić information content (AvgIpc) is 1.99. The van der Waals surface area contributed by atoms with Crippen molar-refractivity contribution in [3.05, 3.63) is 10.6 Å². The standard InChI is InChI=1S/C9H13ClO2/c1-4-6(10)7-8(5(2)3)12-9(7)11/h5,8H,4H2,1-3H3/b7-6-. The third-order valence-corrected chi connectivity index (χ3v) is 2.42. The molecule has 0 aliphatic carbocycles. The van der Waals surface area contributed by atoms with Crippen molar-refractivity contribution in [1.29, 1.82) is 0 Å². The predicted octanol–water partition coefficient (Wildman–Crippen LogP) is 2.47. The molecule has 68 valence electrons. The van der Waals surface area contributed by atoms with Crippen molar-refractivity contribution in [1.82, 2.24) is 0 Å². The quantitative estimate of drug-likeness (QED) is 0.492. The second-order valence-electron chi connectivity index (χ2n) is 3.24. The van der Waals surface area contributed by atoms with Gasteiger partial charge in [-0.15, -0.1) is 0 Å². The highest BCUT2D eigenvalue weighted by molar-refractivity contribution is 6.32. The highest BCUT2D eigenvalue weighted by Gasteiger charge is 2.39. The van der Waals surface area contributed by atoms with Crippen LogP contribution in [0.1, 0.15) is 27.2 Å². The molecule has 0 bridgehead atoms. The van der Waals surface area contributed by atoms with Gasteiger partial charge in [0.25, 0.3) is 0 Å². The minimum Gasteiger partial charge on any atom is -0.453 e. The van der Waals surface area contributed by atoms with E-state index in [1.807, 2.05) is 20.8 Å². The Hall–Kier alpha value is -0.500. The summed E-state index contributed by atoms with van der Waals surface area (Å²) in [7, 11) is 0. The number of ether oxygens (including phenoxy) is 1. The lowest BCUT2D eigenvalue weighted by molar-refractivity contribution is -0.159. The summed E-state index contributed by atoms with van der Waals surface area (Å²) in [5, 5.41) is 0.643. The van der Waals surface area contributed by atoms with E-state index in [4.69, 9.17) is 16.3 Å². The predicted molar refractivity (Wildman–Crippen MR) is 47.9 cm³/mol. The third-order valence-electron chi connectivity index (χ3n) is 1.95. The molecule has 1 unspecified atom stereocenters. The van der Waals surface area contributed by atoms with Crippen molar-refractivity contribution in [3.63, 3.8) is 0 Å². The fourth-order valence-electron chi connectivity index (χ4n) is 1.22. The van der Waals surface area contributed by atoms with Crippen molar-refractivity contribution in [2.24, 2.45) is 5.92 Å². The Bertz CT molecular complexity index is 231. The summed E-state index contributed by atoms with van der Waals surface area (Å²) in [5.74, 6) is 0.0681. The zero-order chi connectivity index (χ0) is 9.30. The first-order valence-electron chi connectivity index (χ1n) is 4.17. The molecule has 0 aromatic carbocycles. The van der Waals surface area contributed by atoms with Gasteiger partial charge in [-0.05, 0) is 12.3 Å². The molecule has 1 rings (SSSR count). The Morgan fingerprint density at radius 1 is 1.67 bits per heavy atom. The second-order valence-corrected chi connectivity index (χ2v) is 3.70. The summed E-state index contributed by atoms with van der Waals surface area (Å²) < 4.78 is 4.95. The zero-order valence-corrected chi connectivity index (χ0v) is 8.31. The molecule has 1 heterocycles. The Balaban J connectivity index is 2.81. The number of hydrogen-bond donors (Lipinski definition) is 0. The fourth-order valence-corrected chi connectivity index (χ4v) is 1.41. The molecule has 1 aliphatic heterocycles. The van der Waals surface area contributed by atoms with E-state index in [0.29, 0.717) is 22.9 Å². The van der Waals surface area contributed by atoms with E-state index in [9.17, 15) is 4.79 Å². The average molecular weight is 189 g/mol. The molecule has 0 aromatic heterocycles. The van der Waals surface area contributed by atoms with E-state index in [-0.39, 0.29) is 12.1 Å². The van der Waals surface area contributed by atoms with Gasteiger partial charge in [-0.3, -0.25) is 0 Å². The van der Waals surface area contributed by atoms with Crippen molar-refractivity contribution in [2.45, 2.75) is 33.3 Å². The first-order valence-corrected chi connectivity index (χ1v) is 4.55. The molecule has 0 N–H and O–H groups in total. The number of cyclic esters (lactones) is 1. The number of carbonyl (C=O) groups is 1. The summed E-state index contributed by atoms with van der Waals surface area (Å²) in [4.78, 5) is 11.0. The first kappa shape index (κ1) is 9.59. The molecule has 1 saturated heterocycles. The lowest BCUT2D eigenvalue weighted by atomic mass is 9.93. The summed E-state index contributed by atoms with van der Waals surface area (Å²) in [6.45, 7) is 5.95. The van der Waals surface area contributed by atoms with Gasteiger partial charge in [0.1, 0.15) is 6.10 Å². The SMILES string of the molecule is CC/C(Cl)=C1/C(=O)OC1C(C)C. The molecule has 1 fully saturated rings. The van der Waals surface area contributed by atoms with Gasteiger partial charge < -0.3 is 4.74 Å². The van der Waals surface area contributed by atoms with Crippen LogP contribution in [0.2, 0.25) is 0 Å². The van der Waals surface area contributed by atoms with Crippen molar-refractivity contribution >= 4 is 17.6 Å². The van der Waals surface area contributed by atoms with Gasteiger partial charge in [0.15, 0.2) is 0 Å². The highest BCUT2D eigenvalue weighted by Crippen LogP contribution is 2.32. The lowest BCUT2D eigenvalue weighted by Gasteiger charge is -2.32. The summed E-state index contributed by atoms with van der Waals surface area (Å²) >= 11 is 5.88. The van der Waals surface area contributed by atoms with Crippen molar-refractivity contribution < 1.29 is 9.53 Å². The minimum absolute atomic E-state index is 0.0788. The summed E-state index contributed by atoms with van der Waals surface area (Å²) in [5.41, 5.74) is 0.675. The van der Waals surface area contributed by atoms with Crippen molar-refractivity contribution in [3.8, 4) is 0 Å². The van der Waals surface area contributed by atoms with E-state index < -0.39 is 0 Å². The van der Waals surface area contributed by atoms with Crippen LogP contribution in [0, 0.1) is 5.92 Å². The maximum absolute atomic E-state index is 11.0. The molecule has 3 heteroatoms. The van der Waals surface area contributed by atoms with Gasteiger partial charge in [-0.25, -0.2) is 4.79 Å². The van der Waals surface area contributed by atoms with Gasteiger partial charge in [0, 0.05) is 5.03 Å². The van der Waals surface area contributed by atoms with E-state index in [1.165, 1.54) is 0 Å². The van der Waals surface area contributed by atoms with Crippen LogP contribution in [0.25, 0.3) is 0 Å². The molecule has 0 radical (unpaired) electrons. The minimum atomic E-state index is -0.249. The van der Waals surface area contributed by atoms with Gasteiger partial charge in [-0.2, -0.15) is 0 Å². The topological polar surface area (TPSA) is 26.3 Å². The van der Waals surface area contributed by atoms with Gasteiger partial charge in [0.2, 0.25) is 0 Å². The zero-order valence-electron chi connectivity index (χ0n) is 7.56. The third kappa shape index (κ3) is 1.48. The molecule has 1 aliphatic rings. The van der Waals surface area contributed by atoms with Crippen LogP contribution < -0.4 is 0 Å². The fraction of sp³-hybridized carbons (Fsp3) is 0.667. The number of rotatable bonds is 2. The molecule has 2 nitrogen and oxygen atoms in total. The van der Waals surface area contributed by atoms with Crippen LogP contribution in [0.3, 0.4) is 0 Å². The Morgan fingerprint density at radius 3 is 2.58 bits per heavy atom.